The molecule has 2 aromatic heterocycles. The fourth-order valence-electron chi connectivity index (χ4n) is 4.11. The molecule has 0 radical (unpaired) electrons. The molecule has 1 amide bonds. The van der Waals surface area contributed by atoms with Crippen LogP contribution in [0.2, 0.25) is 0 Å². The second-order valence-electron chi connectivity index (χ2n) is 7.49. The number of likely N-dealkylation sites (N-methyl/N-ethyl adjacent to an activating group) is 1. The van der Waals surface area contributed by atoms with Gasteiger partial charge in [0, 0.05) is 29.2 Å². The summed E-state index contributed by atoms with van der Waals surface area (Å²) in [5.41, 5.74) is 0.946. The normalized spacial score (nSPS) is 15.9. The Morgan fingerprint density at radius 3 is 2.52 bits per heavy atom. The van der Waals surface area contributed by atoms with Crippen molar-refractivity contribution >= 4 is 27.6 Å². The quantitative estimate of drug-likeness (QED) is 0.511. The maximum absolute atomic E-state index is 14.0. The lowest BCUT2D eigenvalue weighted by atomic mass is 9.95. The number of hydrogen-bond acceptors (Lipinski definition) is 3. The van der Waals surface area contributed by atoms with Crippen molar-refractivity contribution in [1.82, 2.24) is 14.9 Å². The van der Waals surface area contributed by atoms with Crippen LogP contribution in [0, 0.1) is 17.5 Å². The molecule has 0 saturated carbocycles. The third kappa shape index (κ3) is 3.00. The highest BCUT2D eigenvalue weighted by Gasteiger charge is 2.32. The van der Waals surface area contributed by atoms with Crippen LogP contribution in [-0.4, -0.2) is 34.4 Å². The molecule has 1 aliphatic rings. The fourth-order valence-corrected chi connectivity index (χ4v) is 4.11. The van der Waals surface area contributed by atoms with Crippen LogP contribution in [0.15, 0.2) is 41.2 Å². The van der Waals surface area contributed by atoms with Gasteiger partial charge in [0.05, 0.1) is 24.6 Å². The minimum absolute atomic E-state index is 0.0157. The number of pyridine rings is 1. The van der Waals surface area contributed by atoms with Gasteiger partial charge in [0.2, 0.25) is 0 Å². The van der Waals surface area contributed by atoms with Gasteiger partial charge in [-0.25, -0.2) is 13.2 Å². The fraction of sp³-hybridized carbons (Fsp3) is 0.182. The van der Waals surface area contributed by atoms with Gasteiger partial charge in [-0.05, 0) is 35.7 Å². The molecule has 2 N–H and O–H groups in total. The van der Waals surface area contributed by atoms with Crippen molar-refractivity contribution in [2.45, 2.75) is 12.6 Å². The van der Waals surface area contributed by atoms with Gasteiger partial charge in [-0.15, -0.1) is 0 Å². The van der Waals surface area contributed by atoms with E-state index in [-0.39, 0.29) is 35.1 Å². The number of rotatable bonds is 2. The number of hydrogen-bond donors (Lipinski definition) is 2. The summed E-state index contributed by atoms with van der Waals surface area (Å²) < 4.78 is 47.4. The van der Waals surface area contributed by atoms with E-state index in [0.717, 1.165) is 12.1 Å². The lowest BCUT2D eigenvalue weighted by molar-refractivity contribution is 0.0333. The van der Waals surface area contributed by atoms with E-state index < -0.39 is 35.0 Å². The van der Waals surface area contributed by atoms with E-state index in [9.17, 15) is 22.8 Å². The average molecular weight is 427 g/mol. The van der Waals surface area contributed by atoms with Crippen LogP contribution >= 0.6 is 0 Å². The van der Waals surface area contributed by atoms with Gasteiger partial charge in [0.25, 0.3) is 11.5 Å². The minimum Gasteiger partial charge on any atom is -0.373 e. The summed E-state index contributed by atoms with van der Waals surface area (Å²) >= 11 is 0. The predicted molar refractivity (Wildman–Crippen MR) is 107 cm³/mol. The zero-order chi connectivity index (χ0) is 21.9. The number of aromatic amines is 2. The first-order chi connectivity index (χ1) is 14.8. The Morgan fingerprint density at radius 1 is 1.03 bits per heavy atom. The number of ether oxygens (including phenoxy) is 1. The van der Waals surface area contributed by atoms with E-state index in [1.54, 1.807) is 6.07 Å². The zero-order valence-electron chi connectivity index (χ0n) is 16.3. The second kappa shape index (κ2) is 6.98. The molecule has 0 fully saturated rings. The van der Waals surface area contributed by atoms with Crippen molar-refractivity contribution < 1.29 is 22.7 Å². The Hall–Kier alpha value is -3.59. The lowest BCUT2D eigenvalue weighted by Crippen LogP contribution is -2.37. The SMILES string of the molecule is CN(C(=O)c1cc2c(F)cccc2[nH]1)C1COCc2[nH]c(=O)c3cc(F)c(F)cc3c21. The van der Waals surface area contributed by atoms with E-state index in [1.165, 1.54) is 30.1 Å². The lowest BCUT2D eigenvalue weighted by Gasteiger charge is -2.33. The number of fused-ring (bicyclic) bond motifs is 4. The Kier molecular flexibility index (Phi) is 4.37. The molecule has 9 heteroatoms. The Balaban J connectivity index is 1.62. The van der Waals surface area contributed by atoms with Gasteiger partial charge >= 0.3 is 0 Å². The third-order valence-electron chi connectivity index (χ3n) is 5.67. The molecule has 1 aliphatic heterocycles. The molecule has 0 bridgehead atoms. The zero-order valence-corrected chi connectivity index (χ0v) is 16.3. The number of carbonyl (C=O) groups is 1. The minimum atomic E-state index is -1.13. The molecule has 0 saturated heterocycles. The molecule has 3 heterocycles. The van der Waals surface area contributed by atoms with Gasteiger partial charge in [-0.2, -0.15) is 0 Å². The number of nitrogens with zero attached hydrogens (tertiary/aromatic N) is 1. The van der Waals surface area contributed by atoms with Crippen molar-refractivity contribution in [1.29, 1.82) is 0 Å². The summed E-state index contributed by atoms with van der Waals surface area (Å²) in [7, 11) is 1.53. The van der Waals surface area contributed by atoms with E-state index >= 15 is 0 Å². The predicted octanol–water partition coefficient (Wildman–Crippen LogP) is 3.77. The largest absolute Gasteiger partial charge is 0.373 e. The summed E-state index contributed by atoms with van der Waals surface area (Å²) in [6, 6.07) is 7.05. The highest BCUT2D eigenvalue weighted by atomic mass is 19.2. The topological polar surface area (TPSA) is 78.2 Å². The summed E-state index contributed by atoms with van der Waals surface area (Å²) in [5.74, 6) is -3.13. The van der Waals surface area contributed by atoms with E-state index in [0.29, 0.717) is 16.8 Å². The van der Waals surface area contributed by atoms with Crippen LogP contribution in [-0.2, 0) is 11.3 Å². The molecule has 2 aromatic carbocycles. The first kappa shape index (κ1) is 19.4. The summed E-state index contributed by atoms with van der Waals surface area (Å²) in [4.78, 5) is 32.4. The van der Waals surface area contributed by atoms with Gasteiger partial charge in [-0.3, -0.25) is 9.59 Å². The number of nitrogens with one attached hydrogen (secondary N) is 2. The van der Waals surface area contributed by atoms with Crippen LogP contribution in [0.4, 0.5) is 13.2 Å². The van der Waals surface area contributed by atoms with E-state index in [1.807, 2.05) is 0 Å². The molecule has 31 heavy (non-hydrogen) atoms. The maximum atomic E-state index is 14.0. The van der Waals surface area contributed by atoms with Crippen molar-refractivity contribution in [2.24, 2.45) is 0 Å². The number of aromatic nitrogens is 2. The Labute approximate surface area is 173 Å². The smallest absolute Gasteiger partial charge is 0.270 e. The number of H-pyrrole nitrogens is 2. The van der Waals surface area contributed by atoms with Crippen LogP contribution in [0.1, 0.15) is 27.8 Å². The summed E-state index contributed by atoms with van der Waals surface area (Å²) in [6.45, 7) is 0.152. The summed E-state index contributed by atoms with van der Waals surface area (Å²) in [5, 5.41) is 0.484. The number of amides is 1. The molecule has 5 rings (SSSR count). The van der Waals surface area contributed by atoms with Crippen LogP contribution in [0.5, 0.6) is 0 Å². The second-order valence-corrected chi connectivity index (χ2v) is 7.49. The van der Waals surface area contributed by atoms with Crippen molar-refractivity contribution in [2.75, 3.05) is 13.7 Å². The molecule has 1 atom stereocenters. The first-order valence-corrected chi connectivity index (χ1v) is 9.51. The molecule has 4 aromatic rings. The van der Waals surface area contributed by atoms with Crippen molar-refractivity contribution in [3.8, 4) is 0 Å². The average Bonchev–Trinajstić information content (AvgIpc) is 3.19. The van der Waals surface area contributed by atoms with Gasteiger partial charge in [0.1, 0.15) is 11.5 Å². The third-order valence-corrected chi connectivity index (χ3v) is 5.67. The Morgan fingerprint density at radius 2 is 1.77 bits per heavy atom. The van der Waals surface area contributed by atoms with Crippen LogP contribution in [0.3, 0.4) is 0 Å². The Bertz CT molecular complexity index is 1430. The van der Waals surface area contributed by atoms with Crippen LogP contribution in [0.25, 0.3) is 21.7 Å². The monoisotopic (exact) mass is 427 g/mol. The molecule has 158 valence electrons. The van der Waals surface area contributed by atoms with Gasteiger partial charge in [-0.1, -0.05) is 6.07 Å². The molecular formula is C22H16F3N3O3. The summed E-state index contributed by atoms with van der Waals surface area (Å²) in [6.07, 6.45) is 0. The standard InChI is InChI=1S/C22H16F3N3O3/c1-28(22(30)17-7-12-13(23)3-2-4-16(12)26-17)19-9-31-8-18-20(19)10-5-14(24)15(25)6-11(10)21(29)27-18/h2-7,19,26H,8-9H2,1H3,(H,27,29). The van der Waals surface area contributed by atoms with Gasteiger partial charge in [0.15, 0.2) is 11.6 Å². The van der Waals surface area contributed by atoms with E-state index in [2.05, 4.69) is 9.97 Å². The van der Waals surface area contributed by atoms with E-state index in [4.69, 9.17) is 4.74 Å². The molecule has 1 unspecified atom stereocenters. The highest BCUT2D eigenvalue weighted by molar-refractivity contribution is 5.98. The number of carbonyl (C=O) groups excluding carboxylic acids is 1. The highest BCUT2D eigenvalue weighted by Crippen LogP contribution is 2.34. The molecule has 0 aliphatic carbocycles. The number of benzene rings is 2. The van der Waals surface area contributed by atoms with Crippen molar-refractivity contribution in [3.63, 3.8) is 0 Å². The molecule has 0 spiro atoms. The molecule has 6 nitrogen and oxygen atoms in total. The van der Waals surface area contributed by atoms with Gasteiger partial charge < -0.3 is 19.6 Å². The maximum Gasteiger partial charge on any atom is 0.270 e. The number of halogens is 3. The van der Waals surface area contributed by atoms with Crippen LogP contribution < -0.4 is 5.56 Å². The first-order valence-electron chi connectivity index (χ1n) is 9.51. The molecular weight excluding hydrogens is 411 g/mol. The van der Waals surface area contributed by atoms with Crippen molar-refractivity contribution in [3.05, 3.63) is 81.2 Å².